The van der Waals surface area contributed by atoms with E-state index in [1.165, 1.54) is 0 Å². The zero-order valence-electron chi connectivity index (χ0n) is 56.6. The van der Waals surface area contributed by atoms with Crippen LogP contribution >= 0.6 is 0 Å². The van der Waals surface area contributed by atoms with Crippen LogP contribution in [0.15, 0.2) is 0 Å². The van der Waals surface area contributed by atoms with Crippen LogP contribution in [-0.4, -0.2) is 167 Å². The molecule has 2 aliphatic rings. The standard InChI is InChI=1S/C68H118O23/c1-9-17-25-27-35-43-57(77)88-64-62(86-55(75)41-33-23-15-7)60(84-53(73)39-31-21-13-5)49(46-81-51(71)37-29-19-11-3)83-67(64)91-68(65(80)59(79)48(70)45-69)66(89-58(78)44-36-28-26-18-10-2)63(87-56(76)42-34-24-16-8)61(85-54(74)40-32-22-14-6)50(90-68)47-82-52(72)38-30-20-12-4/h48-50,59-67,69-70,79-80H,9-47H2,1-8H3/t48-,49+,50+,59-,60+,61+,62-,63-,64-,65?,66-,67-,68-/m0/s1. The Labute approximate surface area is 542 Å². The number of esters is 8. The van der Waals surface area contributed by atoms with E-state index in [-0.39, 0.29) is 57.8 Å². The van der Waals surface area contributed by atoms with Gasteiger partial charge in [-0.25, -0.2) is 0 Å². The molecule has 4 N–H and O–H groups in total. The first-order valence-corrected chi connectivity index (χ1v) is 35.0. The topological polar surface area (TPSA) is 319 Å². The fraction of sp³-hybridized carbons (Fsp3) is 0.882. The molecule has 0 saturated carbocycles. The van der Waals surface area contributed by atoms with Crippen molar-refractivity contribution in [2.75, 3.05) is 19.8 Å². The van der Waals surface area contributed by atoms with E-state index in [2.05, 4.69) is 0 Å². The number of unbranched alkanes of at least 4 members (excludes halogenated alkanes) is 20. The average molecular weight is 1300 g/mol. The Bertz CT molecular complexity index is 2040. The van der Waals surface area contributed by atoms with Gasteiger partial charge < -0.3 is 72.5 Å². The molecule has 1 unspecified atom stereocenters. The zero-order valence-corrected chi connectivity index (χ0v) is 56.6. The Morgan fingerprint density at radius 3 is 1.04 bits per heavy atom. The van der Waals surface area contributed by atoms with E-state index in [9.17, 15) is 58.8 Å². The molecule has 0 aromatic rings. The second kappa shape index (κ2) is 49.1. The monoisotopic (exact) mass is 1300 g/mol. The van der Waals surface area contributed by atoms with Gasteiger partial charge in [0.1, 0.15) is 43.7 Å². The molecule has 13 atom stereocenters. The van der Waals surface area contributed by atoms with Gasteiger partial charge in [-0.1, -0.05) is 184 Å². The van der Waals surface area contributed by atoms with E-state index in [0.29, 0.717) is 116 Å². The SMILES string of the molecule is CCCCCCCC(=O)O[C@@H]1[C@H](O[C@]2(C(O)[C@@H](O)[C@@H](O)CO)O[C@H](COC(=O)CCCCC)[C@@H](OC(=O)CCCCC)[C@H](OC(=O)CCCCC)[C@@H]2OC(=O)CCCCCCC)O[C@H](COC(=O)CCCCC)[C@@H](OC(=O)CCCCC)[C@@H]1OC(=O)CCCCC. The lowest BCUT2D eigenvalue weighted by atomic mass is 9.85. The van der Waals surface area contributed by atoms with E-state index in [0.717, 1.165) is 57.8 Å². The van der Waals surface area contributed by atoms with Crippen LogP contribution in [0.2, 0.25) is 0 Å². The molecule has 2 aliphatic heterocycles. The highest BCUT2D eigenvalue weighted by atomic mass is 16.8. The number of rotatable bonds is 52. The van der Waals surface area contributed by atoms with Crippen LogP contribution in [0.1, 0.15) is 287 Å². The smallest absolute Gasteiger partial charge is 0.306 e. The van der Waals surface area contributed by atoms with Crippen LogP contribution in [0.4, 0.5) is 0 Å². The Balaban J connectivity index is 3.42. The number of aliphatic hydroxyl groups excluding tert-OH is 4. The van der Waals surface area contributed by atoms with E-state index in [1.54, 1.807) is 0 Å². The summed E-state index contributed by atoms with van der Waals surface area (Å²) < 4.78 is 70.1. The fourth-order valence-corrected chi connectivity index (χ4v) is 10.8. The summed E-state index contributed by atoms with van der Waals surface area (Å²) >= 11 is 0. The molecular weight excluding hydrogens is 1180 g/mol. The number of aliphatic hydroxyl groups is 4. The molecule has 0 amide bonds. The molecule has 2 saturated heterocycles. The van der Waals surface area contributed by atoms with Crippen LogP contribution in [-0.2, 0) is 90.5 Å². The van der Waals surface area contributed by atoms with E-state index in [4.69, 9.17) is 52.1 Å². The number of carbonyl (C=O) groups is 8. The highest BCUT2D eigenvalue weighted by Gasteiger charge is 2.68. The van der Waals surface area contributed by atoms with E-state index < -0.39 is 147 Å². The first-order chi connectivity index (χ1) is 43.8. The molecule has 0 bridgehead atoms. The number of ether oxygens (including phenoxy) is 11. The van der Waals surface area contributed by atoms with Crippen LogP contribution < -0.4 is 0 Å². The Kier molecular flexibility index (Phi) is 44.5. The Morgan fingerprint density at radius 2 is 0.659 bits per heavy atom. The number of carbonyl (C=O) groups excluding carboxylic acids is 8. The maximum atomic E-state index is 14.7. The lowest BCUT2D eigenvalue weighted by Gasteiger charge is -2.55. The second-order valence-electron chi connectivity index (χ2n) is 24.3. The van der Waals surface area contributed by atoms with Crippen molar-refractivity contribution in [3.8, 4) is 0 Å². The first kappa shape index (κ1) is 82.6. The summed E-state index contributed by atoms with van der Waals surface area (Å²) in [5.74, 6) is -10.1. The van der Waals surface area contributed by atoms with Gasteiger partial charge in [0, 0.05) is 51.4 Å². The molecule has 0 aliphatic carbocycles. The van der Waals surface area contributed by atoms with Crippen molar-refractivity contribution in [1.82, 2.24) is 0 Å². The van der Waals surface area contributed by atoms with Gasteiger partial charge in [0.05, 0.1) is 6.61 Å². The van der Waals surface area contributed by atoms with Crippen molar-refractivity contribution in [3.63, 3.8) is 0 Å². The largest absolute Gasteiger partial charge is 0.463 e. The van der Waals surface area contributed by atoms with Crippen molar-refractivity contribution in [1.29, 1.82) is 0 Å². The summed E-state index contributed by atoms with van der Waals surface area (Å²) in [6, 6.07) is 0. The molecular formula is C68H118O23. The van der Waals surface area contributed by atoms with Crippen LogP contribution in [0.5, 0.6) is 0 Å². The maximum absolute atomic E-state index is 14.7. The van der Waals surface area contributed by atoms with Crippen LogP contribution in [0.25, 0.3) is 0 Å². The molecule has 0 aromatic carbocycles. The minimum Gasteiger partial charge on any atom is -0.463 e. The second-order valence-corrected chi connectivity index (χ2v) is 24.3. The molecule has 0 aromatic heterocycles. The average Bonchev–Trinajstić information content (AvgIpc) is 0.788. The van der Waals surface area contributed by atoms with Gasteiger partial charge in [-0.3, -0.25) is 38.4 Å². The molecule has 0 radical (unpaired) electrons. The van der Waals surface area contributed by atoms with Crippen LogP contribution in [0.3, 0.4) is 0 Å². The summed E-state index contributed by atoms with van der Waals surface area (Å²) in [7, 11) is 0. The van der Waals surface area contributed by atoms with Crippen molar-refractivity contribution >= 4 is 47.8 Å². The van der Waals surface area contributed by atoms with Gasteiger partial charge in [0.2, 0.25) is 12.1 Å². The van der Waals surface area contributed by atoms with Gasteiger partial charge in [-0.05, 0) is 51.4 Å². The maximum Gasteiger partial charge on any atom is 0.306 e. The molecule has 91 heavy (non-hydrogen) atoms. The highest BCUT2D eigenvalue weighted by Crippen LogP contribution is 2.44. The molecule has 0 spiro atoms. The quantitative estimate of drug-likeness (QED) is 0.0250. The fourth-order valence-electron chi connectivity index (χ4n) is 10.8. The summed E-state index contributed by atoms with van der Waals surface area (Å²) in [5.41, 5.74) is 0. The van der Waals surface area contributed by atoms with Gasteiger partial charge in [-0.15, -0.1) is 0 Å². The Hall–Kier alpha value is -4.52. The molecule has 23 heteroatoms. The Morgan fingerprint density at radius 1 is 0.363 bits per heavy atom. The third-order valence-corrected chi connectivity index (χ3v) is 16.2. The van der Waals surface area contributed by atoms with E-state index in [1.807, 2.05) is 55.4 Å². The van der Waals surface area contributed by atoms with Gasteiger partial charge in [0.25, 0.3) is 0 Å². The first-order valence-electron chi connectivity index (χ1n) is 35.0. The lowest BCUT2D eigenvalue weighted by molar-refractivity contribution is -0.446. The van der Waals surface area contributed by atoms with Gasteiger partial charge >= 0.3 is 47.8 Å². The van der Waals surface area contributed by atoms with Crippen LogP contribution in [0, 0.1) is 0 Å². The van der Waals surface area contributed by atoms with Crippen molar-refractivity contribution in [2.45, 2.75) is 366 Å². The van der Waals surface area contributed by atoms with E-state index >= 15 is 0 Å². The minimum absolute atomic E-state index is 0.0381. The summed E-state index contributed by atoms with van der Waals surface area (Å²) in [6.07, 6.45) is -9.92. The summed E-state index contributed by atoms with van der Waals surface area (Å²) in [6.45, 7) is 12.8. The highest BCUT2D eigenvalue weighted by molar-refractivity contribution is 5.73. The normalized spacial score (nSPS) is 23.2. The molecule has 2 rings (SSSR count). The molecule has 528 valence electrons. The van der Waals surface area contributed by atoms with Crippen molar-refractivity contribution in [2.24, 2.45) is 0 Å². The zero-order chi connectivity index (χ0) is 67.4. The van der Waals surface area contributed by atoms with Gasteiger partial charge in [0.15, 0.2) is 36.6 Å². The predicted octanol–water partition coefficient (Wildman–Crippen LogP) is 10.7. The molecule has 23 nitrogen and oxygen atoms in total. The molecule has 2 fully saturated rings. The summed E-state index contributed by atoms with van der Waals surface area (Å²) in [4.78, 5) is 114. The third-order valence-electron chi connectivity index (χ3n) is 16.2. The van der Waals surface area contributed by atoms with Crippen molar-refractivity contribution in [3.05, 3.63) is 0 Å². The third kappa shape index (κ3) is 31.5. The lowest BCUT2D eigenvalue weighted by Crippen LogP contribution is -2.76. The number of hydrogen-bond acceptors (Lipinski definition) is 23. The minimum atomic E-state index is -3.36. The van der Waals surface area contributed by atoms with Crippen molar-refractivity contribution < 1.29 is 111 Å². The van der Waals surface area contributed by atoms with Gasteiger partial charge in [-0.2, -0.15) is 0 Å². The molecule has 2 heterocycles. The predicted molar refractivity (Wildman–Crippen MR) is 335 cm³/mol. The number of hydrogen-bond donors (Lipinski definition) is 4. The summed E-state index contributed by atoms with van der Waals surface area (Å²) in [5, 5.41) is 47.2.